The smallest absolute Gasteiger partial charge is 0.265 e. The van der Waals surface area contributed by atoms with Gasteiger partial charge in [-0.2, -0.15) is 0 Å². The van der Waals surface area contributed by atoms with Crippen LogP contribution in [-0.4, -0.2) is 42.5 Å². The van der Waals surface area contributed by atoms with Crippen LogP contribution in [0.4, 0.5) is 0 Å². The van der Waals surface area contributed by atoms with Crippen molar-refractivity contribution in [2.45, 2.75) is 19.8 Å². The lowest BCUT2D eigenvalue weighted by Crippen LogP contribution is -2.42. The van der Waals surface area contributed by atoms with E-state index in [1.54, 1.807) is 6.20 Å². The third-order valence-corrected chi connectivity index (χ3v) is 4.03. The van der Waals surface area contributed by atoms with Crippen LogP contribution in [0.3, 0.4) is 0 Å². The first-order chi connectivity index (χ1) is 8.20. The molecule has 0 bridgehead atoms. The Kier molecular flexibility index (Phi) is 6.05. The maximum absolute atomic E-state index is 12.2. The largest absolute Gasteiger partial charge is 0.338 e. The summed E-state index contributed by atoms with van der Waals surface area (Å²) >= 11 is 1.49. The number of amides is 1. The van der Waals surface area contributed by atoms with Crippen molar-refractivity contribution in [1.29, 1.82) is 0 Å². The van der Waals surface area contributed by atoms with Crippen molar-refractivity contribution >= 4 is 29.7 Å². The summed E-state index contributed by atoms with van der Waals surface area (Å²) in [6.45, 7) is 4.68. The second kappa shape index (κ2) is 7.07. The summed E-state index contributed by atoms with van der Waals surface area (Å²) in [6.07, 6.45) is 4.02. The first kappa shape index (κ1) is 15.4. The van der Waals surface area contributed by atoms with Crippen LogP contribution in [0.25, 0.3) is 0 Å². The Bertz CT molecular complexity index is 394. The molecule has 0 spiro atoms. The maximum Gasteiger partial charge on any atom is 0.265 e. The summed E-state index contributed by atoms with van der Waals surface area (Å²) in [5.41, 5.74) is 0. The highest BCUT2D eigenvalue weighted by Crippen LogP contribution is 2.20. The molecule has 1 aromatic rings. The van der Waals surface area contributed by atoms with Gasteiger partial charge in [-0.1, -0.05) is 0 Å². The second-order valence-corrected chi connectivity index (χ2v) is 5.80. The summed E-state index contributed by atoms with van der Waals surface area (Å²) in [5, 5.41) is 4.15. The molecule has 102 valence electrons. The van der Waals surface area contributed by atoms with Crippen molar-refractivity contribution in [3.05, 3.63) is 16.1 Å². The highest BCUT2D eigenvalue weighted by Gasteiger charge is 2.24. The Labute approximate surface area is 118 Å². The van der Waals surface area contributed by atoms with Gasteiger partial charge < -0.3 is 10.2 Å². The van der Waals surface area contributed by atoms with Gasteiger partial charge in [-0.25, -0.2) is 4.98 Å². The van der Waals surface area contributed by atoms with Crippen LogP contribution < -0.4 is 5.32 Å². The number of aryl methyl sites for hydroxylation is 1. The first-order valence-electron chi connectivity index (χ1n) is 6.07. The lowest BCUT2D eigenvalue weighted by Gasteiger charge is -2.32. The summed E-state index contributed by atoms with van der Waals surface area (Å²) in [7, 11) is 1.97. The van der Waals surface area contributed by atoms with E-state index in [0.717, 1.165) is 35.9 Å². The van der Waals surface area contributed by atoms with Gasteiger partial charge in [-0.05, 0) is 39.3 Å². The van der Waals surface area contributed by atoms with Gasteiger partial charge in [-0.15, -0.1) is 23.7 Å². The average molecular weight is 290 g/mol. The van der Waals surface area contributed by atoms with E-state index in [2.05, 4.69) is 10.3 Å². The molecule has 2 rings (SSSR count). The number of carbonyl (C=O) groups excluding carboxylic acids is 1. The maximum atomic E-state index is 12.2. The molecule has 2 heterocycles. The number of piperidine rings is 1. The van der Waals surface area contributed by atoms with Gasteiger partial charge in [0.05, 0.1) is 11.2 Å². The Morgan fingerprint density at radius 3 is 3.06 bits per heavy atom. The normalized spacial score (nSPS) is 19.4. The van der Waals surface area contributed by atoms with Gasteiger partial charge in [0.25, 0.3) is 5.91 Å². The number of likely N-dealkylation sites (tertiary alicyclic amines) is 1. The van der Waals surface area contributed by atoms with Crippen LogP contribution in [-0.2, 0) is 0 Å². The number of nitrogens with one attached hydrogen (secondary N) is 1. The highest BCUT2D eigenvalue weighted by atomic mass is 35.5. The molecule has 1 aromatic heterocycles. The zero-order chi connectivity index (χ0) is 12.3. The molecule has 1 atom stereocenters. The number of halogens is 1. The quantitative estimate of drug-likeness (QED) is 0.925. The van der Waals surface area contributed by atoms with E-state index < -0.39 is 0 Å². The molecule has 0 saturated carbocycles. The molecule has 1 amide bonds. The van der Waals surface area contributed by atoms with Gasteiger partial charge in [0, 0.05) is 13.1 Å². The van der Waals surface area contributed by atoms with Crippen LogP contribution in [0.15, 0.2) is 6.20 Å². The topological polar surface area (TPSA) is 45.2 Å². The molecule has 1 saturated heterocycles. The molecule has 4 nitrogen and oxygen atoms in total. The van der Waals surface area contributed by atoms with Crippen LogP contribution >= 0.6 is 23.7 Å². The first-order valence-corrected chi connectivity index (χ1v) is 6.88. The molecule has 1 unspecified atom stereocenters. The van der Waals surface area contributed by atoms with E-state index in [1.165, 1.54) is 17.8 Å². The van der Waals surface area contributed by atoms with Crippen LogP contribution in [0, 0.1) is 12.8 Å². The molecule has 6 heteroatoms. The molecule has 0 aromatic carbocycles. The Morgan fingerprint density at radius 2 is 2.44 bits per heavy atom. The Hall–Kier alpha value is -0.650. The summed E-state index contributed by atoms with van der Waals surface area (Å²) in [5.74, 6) is 0.739. The molecule has 1 aliphatic heterocycles. The van der Waals surface area contributed by atoms with Crippen molar-refractivity contribution < 1.29 is 4.79 Å². The van der Waals surface area contributed by atoms with E-state index in [4.69, 9.17) is 0 Å². The molecule has 1 fully saturated rings. The number of hydrogen-bond acceptors (Lipinski definition) is 4. The Morgan fingerprint density at radius 1 is 1.67 bits per heavy atom. The average Bonchev–Trinajstić information content (AvgIpc) is 2.76. The fourth-order valence-corrected chi connectivity index (χ4v) is 3.07. The zero-order valence-electron chi connectivity index (χ0n) is 10.8. The van der Waals surface area contributed by atoms with Crippen LogP contribution in [0.1, 0.15) is 27.5 Å². The predicted molar refractivity (Wildman–Crippen MR) is 76.7 cm³/mol. The minimum atomic E-state index is 0. The standard InChI is InChI=1S/C12H19N3OS.ClH/c1-9-14-7-11(17-9)12(16)15-5-3-4-10(8-15)6-13-2;/h7,10,13H,3-6,8H2,1-2H3;1H. The van der Waals surface area contributed by atoms with E-state index >= 15 is 0 Å². The fraction of sp³-hybridized carbons (Fsp3) is 0.667. The molecular formula is C12H20ClN3OS. The number of nitrogens with zero attached hydrogens (tertiary/aromatic N) is 2. The molecule has 1 N–H and O–H groups in total. The van der Waals surface area contributed by atoms with E-state index in [0.29, 0.717) is 5.92 Å². The van der Waals surface area contributed by atoms with Gasteiger partial charge in [0.2, 0.25) is 0 Å². The van der Waals surface area contributed by atoms with Gasteiger partial charge >= 0.3 is 0 Å². The molecular weight excluding hydrogens is 270 g/mol. The highest BCUT2D eigenvalue weighted by molar-refractivity contribution is 7.13. The minimum Gasteiger partial charge on any atom is -0.338 e. The monoisotopic (exact) mass is 289 g/mol. The SMILES string of the molecule is CNCC1CCCN(C(=O)c2cnc(C)s2)C1.Cl. The molecule has 0 aliphatic carbocycles. The Balaban J connectivity index is 0.00000162. The number of carbonyl (C=O) groups is 1. The fourth-order valence-electron chi connectivity index (χ4n) is 2.32. The lowest BCUT2D eigenvalue weighted by molar-refractivity contribution is 0.0679. The van der Waals surface area contributed by atoms with Crippen molar-refractivity contribution in [3.63, 3.8) is 0 Å². The van der Waals surface area contributed by atoms with Crippen LogP contribution in [0.2, 0.25) is 0 Å². The summed E-state index contributed by atoms with van der Waals surface area (Å²) in [4.78, 5) is 19.1. The summed E-state index contributed by atoms with van der Waals surface area (Å²) < 4.78 is 0. The predicted octanol–water partition coefficient (Wildman–Crippen LogP) is 1.94. The molecule has 0 radical (unpaired) electrons. The third kappa shape index (κ3) is 3.67. The van der Waals surface area contributed by atoms with Crippen LogP contribution in [0.5, 0.6) is 0 Å². The van der Waals surface area contributed by atoms with Crippen molar-refractivity contribution in [3.8, 4) is 0 Å². The number of thiazole rings is 1. The van der Waals surface area contributed by atoms with Crippen molar-refractivity contribution in [1.82, 2.24) is 15.2 Å². The second-order valence-electron chi connectivity index (χ2n) is 4.56. The minimum absolute atomic E-state index is 0. The van der Waals surface area contributed by atoms with Crippen molar-refractivity contribution in [2.24, 2.45) is 5.92 Å². The van der Waals surface area contributed by atoms with E-state index in [1.807, 2.05) is 18.9 Å². The van der Waals surface area contributed by atoms with Crippen molar-refractivity contribution in [2.75, 3.05) is 26.7 Å². The zero-order valence-corrected chi connectivity index (χ0v) is 12.4. The van der Waals surface area contributed by atoms with Gasteiger partial charge in [0.15, 0.2) is 0 Å². The van der Waals surface area contributed by atoms with E-state index in [9.17, 15) is 4.79 Å². The van der Waals surface area contributed by atoms with Gasteiger partial charge in [-0.3, -0.25) is 4.79 Å². The number of aromatic nitrogens is 1. The number of rotatable bonds is 3. The number of hydrogen-bond donors (Lipinski definition) is 1. The third-order valence-electron chi connectivity index (χ3n) is 3.13. The lowest BCUT2D eigenvalue weighted by atomic mass is 9.98. The molecule has 18 heavy (non-hydrogen) atoms. The van der Waals surface area contributed by atoms with Gasteiger partial charge in [0.1, 0.15) is 4.88 Å². The van der Waals surface area contributed by atoms with E-state index in [-0.39, 0.29) is 18.3 Å². The molecule has 1 aliphatic rings. The summed E-state index contributed by atoms with van der Waals surface area (Å²) in [6, 6.07) is 0.